The van der Waals surface area contributed by atoms with Gasteiger partial charge in [-0.1, -0.05) is 12.1 Å². The molecule has 1 saturated heterocycles. The van der Waals surface area contributed by atoms with Crippen molar-refractivity contribution in [3.63, 3.8) is 0 Å². The van der Waals surface area contributed by atoms with E-state index in [9.17, 15) is 18.0 Å². The number of carbonyl (C=O) groups excluding carboxylic acids is 2. The molecule has 0 saturated carbocycles. The zero-order valence-electron chi connectivity index (χ0n) is 14.5. The number of nitrogens with zero attached hydrogens (tertiary/aromatic N) is 3. The molecule has 3 rings (SSSR count). The maximum atomic E-state index is 12.2. The third-order valence-corrected chi connectivity index (χ3v) is 5.57. The average molecular weight is 377 g/mol. The molecule has 138 valence electrons. The zero-order chi connectivity index (χ0) is 18.9. The van der Waals surface area contributed by atoms with E-state index >= 15 is 0 Å². The van der Waals surface area contributed by atoms with Crippen molar-refractivity contribution in [1.82, 2.24) is 4.31 Å². The van der Waals surface area contributed by atoms with Crippen LogP contribution in [0.3, 0.4) is 0 Å². The highest BCUT2D eigenvalue weighted by Crippen LogP contribution is 2.22. The Bertz CT molecular complexity index is 903. The summed E-state index contributed by atoms with van der Waals surface area (Å²) >= 11 is 0. The summed E-state index contributed by atoms with van der Waals surface area (Å²) < 4.78 is 32.9. The molecule has 1 amide bonds. The standard InChI is InChI=1S/C17H19N3O5S/c1-12-15(10-19(2)26(23,24)18-12)17(22)25-11-13-5-7-14(8-6-13)20-9-3-4-16(20)21/h5-8,10H,3-4,9,11H2,1-2H3. The molecule has 0 spiro atoms. The second-order valence-electron chi connectivity index (χ2n) is 6.10. The van der Waals surface area contributed by atoms with Crippen LogP contribution in [0.2, 0.25) is 0 Å². The first-order valence-corrected chi connectivity index (χ1v) is 9.51. The Morgan fingerprint density at radius 1 is 1.27 bits per heavy atom. The van der Waals surface area contributed by atoms with Gasteiger partial charge in [0.1, 0.15) is 6.61 Å². The normalized spacial score (nSPS) is 19.2. The lowest BCUT2D eigenvalue weighted by molar-refractivity contribution is -0.139. The predicted molar refractivity (Wildman–Crippen MR) is 95.7 cm³/mol. The van der Waals surface area contributed by atoms with E-state index in [0.29, 0.717) is 6.42 Å². The molecule has 8 nitrogen and oxygen atoms in total. The Hall–Kier alpha value is -2.68. The highest BCUT2D eigenvalue weighted by molar-refractivity contribution is 7.88. The molecule has 0 N–H and O–H groups in total. The number of esters is 1. The minimum Gasteiger partial charge on any atom is -0.457 e. The molecule has 2 aliphatic rings. The van der Waals surface area contributed by atoms with Crippen LogP contribution in [0.4, 0.5) is 5.69 Å². The van der Waals surface area contributed by atoms with Gasteiger partial charge in [0, 0.05) is 31.9 Å². The van der Waals surface area contributed by atoms with Crippen LogP contribution >= 0.6 is 0 Å². The quantitative estimate of drug-likeness (QED) is 0.739. The van der Waals surface area contributed by atoms with E-state index in [1.807, 2.05) is 12.1 Å². The maximum Gasteiger partial charge on any atom is 0.344 e. The van der Waals surface area contributed by atoms with Gasteiger partial charge in [0.05, 0.1) is 11.3 Å². The Balaban J connectivity index is 1.63. The van der Waals surface area contributed by atoms with Crippen LogP contribution in [-0.2, 0) is 31.1 Å². The highest BCUT2D eigenvalue weighted by Gasteiger charge is 2.26. The van der Waals surface area contributed by atoms with Crippen molar-refractivity contribution in [2.45, 2.75) is 26.4 Å². The third kappa shape index (κ3) is 3.62. The van der Waals surface area contributed by atoms with Gasteiger partial charge in [-0.2, -0.15) is 8.42 Å². The fraction of sp³-hybridized carbons (Fsp3) is 0.353. The molecule has 0 aromatic heterocycles. The number of rotatable bonds is 4. The molecule has 2 heterocycles. The van der Waals surface area contributed by atoms with Gasteiger partial charge in [-0.25, -0.2) is 4.79 Å². The monoisotopic (exact) mass is 377 g/mol. The van der Waals surface area contributed by atoms with Crippen LogP contribution in [0.25, 0.3) is 0 Å². The average Bonchev–Trinajstić information content (AvgIpc) is 3.02. The van der Waals surface area contributed by atoms with E-state index < -0.39 is 16.2 Å². The van der Waals surface area contributed by atoms with Crippen LogP contribution in [-0.4, -0.2) is 43.9 Å². The SMILES string of the molecule is CC1=NS(=O)(=O)N(C)C=C1C(=O)OCc1ccc(N2CCCC2=O)cc1. The lowest BCUT2D eigenvalue weighted by Gasteiger charge is -2.19. The number of ether oxygens (including phenoxy) is 1. The lowest BCUT2D eigenvalue weighted by Crippen LogP contribution is -2.29. The fourth-order valence-electron chi connectivity index (χ4n) is 2.75. The second kappa shape index (κ2) is 6.91. The zero-order valence-corrected chi connectivity index (χ0v) is 15.3. The molecule has 0 radical (unpaired) electrons. The number of anilines is 1. The molecule has 0 unspecified atom stereocenters. The molecule has 0 atom stereocenters. The summed E-state index contributed by atoms with van der Waals surface area (Å²) in [7, 11) is -2.45. The summed E-state index contributed by atoms with van der Waals surface area (Å²) in [6.45, 7) is 2.20. The van der Waals surface area contributed by atoms with Crippen molar-refractivity contribution in [1.29, 1.82) is 0 Å². The summed E-state index contributed by atoms with van der Waals surface area (Å²) in [6.07, 6.45) is 2.63. The molecule has 9 heteroatoms. The van der Waals surface area contributed by atoms with E-state index in [1.165, 1.54) is 20.2 Å². The Morgan fingerprint density at radius 3 is 2.58 bits per heavy atom. The van der Waals surface area contributed by atoms with E-state index in [4.69, 9.17) is 4.74 Å². The van der Waals surface area contributed by atoms with E-state index in [-0.39, 0.29) is 23.8 Å². The first-order chi connectivity index (χ1) is 12.3. The molecule has 1 aromatic rings. The predicted octanol–water partition coefficient (Wildman–Crippen LogP) is 1.39. The van der Waals surface area contributed by atoms with Crippen molar-refractivity contribution in [2.75, 3.05) is 18.5 Å². The minimum absolute atomic E-state index is 0.0359. The van der Waals surface area contributed by atoms with Gasteiger partial charge in [-0.3, -0.25) is 9.10 Å². The molecule has 26 heavy (non-hydrogen) atoms. The number of carbonyl (C=O) groups is 2. The molecule has 2 aliphatic heterocycles. The van der Waals surface area contributed by atoms with Gasteiger partial charge in [-0.15, -0.1) is 4.40 Å². The number of hydrogen-bond acceptors (Lipinski definition) is 5. The topological polar surface area (TPSA) is 96.3 Å². The maximum absolute atomic E-state index is 12.2. The highest BCUT2D eigenvalue weighted by atomic mass is 32.2. The Labute approximate surface area is 151 Å². The van der Waals surface area contributed by atoms with Gasteiger partial charge in [0.15, 0.2) is 0 Å². The van der Waals surface area contributed by atoms with Gasteiger partial charge in [-0.05, 0) is 31.0 Å². The molecule has 1 aromatic carbocycles. The summed E-state index contributed by atoms with van der Waals surface area (Å²) in [4.78, 5) is 25.7. The van der Waals surface area contributed by atoms with Crippen molar-refractivity contribution < 1.29 is 22.7 Å². The summed E-state index contributed by atoms with van der Waals surface area (Å²) in [5.74, 6) is -0.533. The van der Waals surface area contributed by atoms with Crippen molar-refractivity contribution in [2.24, 2.45) is 4.40 Å². The third-order valence-electron chi connectivity index (χ3n) is 4.23. The van der Waals surface area contributed by atoms with Crippen LogP contribution < -0.4 is 4.90 Å². The number of hydrogen-bond donors (Lipinski definition) is 0. The molecule has 1 fully saturated rings. The summed E-state index contributed by atoms with van der Waals surface area (Å²) in [5, 5.41) is 0. The molecule has 0 aliphatic carbocycles. The van der Waals surface area contributed by atoms with E-state index in [2.05, 4.69) is 4.40 Å². The Kier molecular flexibility index (Phi) is 4.82. The summed E-state index contributed by atoms with van der Waals surface area (Å²) in [6, 6.07) is 7.22. The fourth-order valence-corrected chi connectivity index (χ4v) is 3.56. The van der Waals surface area contributed by atoms with Crippen molar-refractivity contribution in [3.8, 4) is 0 Å². The largest absolute Gasteiger partial charge is 0.457 e. The van der Waals surface area contributed by atoms with Gasteiger partial charge < -0.3 is 9.64 Å². The van der Waals surface area contributed by atoms with Crippen LogP contribution in [0.15, 0.2) is 40.4 Å². The Morgan fingerprint density at radius 2 is 1.96 bits per heavy atom. The molecule has 0 bridgehead atoms. The van der Waals surface area contributed by atoms with Crippen LogP contribution in [0.1, 0.15) is 25.3 Å². The van der Waals surface area contributed by atoms with Crippen molar-refractivity contribution >= 4 is 33.5 Å². The number of benzene rings is 1. The van der Waals surface area contributed by atoms with Crippen molar-refractivity contribution in [3.05, 3.63) is 41.6 Å². The van der Waals surface area contributed by atoms with Gasteiger partial charge in [0.2, 0.25) is 5.91 Å². The van der Waals surface area contributed by atoms with Gasteiger partial charge >= 0.3 is 16.2 Å². The first kappa shape index (κ1) is 18.1. The van der Waals surface area contributed by atoms with E-state index in [1.54, 1.807) is 17.0 Å². The van der Waals surface area contributed by atoms with Crippen LogP contribution in [0.5, 0.6) is 0 Å². The summed E-state index contributed by atoms with van der Waals surface area (Å²) in [5.41, 5.74) is 1.78. The first-order valence-electron chi connectivity index (χ1n) is 8.11. The molecular weight excluding hydrogens is 358 g/mol. The smallest absolute Gasteiger partial charge is 0.344 e. The molecular formula is C17H19N3O5S. The van der Waals surface area contributed by atoms with Gasteiger partial charge in [0.25, 0.3) is 0 Å². The lowest BCUT2D eigenvalue weighted by atomic mass is 10.2. The van der Waals surface area contributed by atoms with Crippen LogP contribution in [0, 0.1) is 0 Å². The number of amides is 1. The minimum atomic E-state index is -3.76. The second-order valence-corrected chi connectivity index (χ2v) is 7.76. The van der Waals surface area contributed by atoms with E-state index in [0.717, 1.165) is 28.5 Å².